The number of piperidine rings is 1. The number of likely N-dealkylation sites (tertiary alicyclic amines) is 1. The van der Waals surface area contributed by atoms with Crippen molar-refractivity contribution in [2.24, 2.45) is 0 Å². The van der Waals surface area contributed by atoms with Gasteiger partial charge in [-0.15, -0.1) is 21.5 Å². The van der Waals surface area contributed by atoms with Crippen molar-refractivity contribution < 1.29 is 4.79 Å². The number of rotatable bonds is 3. The second-order valence-corrected chi connectivity index (χ2v) is 9.79. The van der Waals surface area contributed by atoms with Crippen molar-refractivity contribution >= 4 is 44.7 Å². The van der Waals surface area contributed by atoms with E-state index in [9.17, 15) is 4.79 Å². The molecule has 9 heteroatoms. The third-order valence-corrected chi connectivity index (χ3v) is 7.67. The van der Waals surface area contributed by atoms with Gasteiger partial charge in [0, 0.05) is 30.6 Å². The van der Waals surface area contributed by atoms with Gasteiger partial charge in [0.2, 0.25) is 0 Å². The highest BCUT2D eigenvalue weighted by Crippen LogP contribution is 2.34. The van der Waals surface area contributed by atoms with E-state index in [1.54, 1.807) is 0 Å². The molecule has 1 aromatic carbocycles. The first-order valence-corrected chi connectivity index (χ1v) is 12.1. The van der Waals surface area contributed by atoms with Crippen LogP contribution in [0.25, 0.3) is 21.6 Å². The van der Waals surface area contributed by atoms with Gasteiger partial charge < -0.3 is 4.90 Å². The molecule has 1 saturated heterocycles. The summed E-state index contributed by atoms with van der Waals surface area (Å²) in [7, 11) is 0. The Bertz CT molecular complexity index is 1500. The lowest BCUT2D eigenvalue weighted by Gasteiger charge is -2.31. The molecule has 166 valence electrons. The first-order chi connectivity index (χ1) is 16.1. The highest BCUT2D eigenvalue weighted by atomic mass is 35.5. The number of fused-ring (bicyclic) bond motifs is 2. The maximum Gasteiger partial charge on any atom is 0.264 e. The third-order valence-electron chi connectivity index (χ3n) is 6.25. The normalized spacial score (nSPS) is 16.7. The lowest BCUT2D eigenvalue weighted by Crippen LogP contribution is -2.39. The van der Waals surface area contributed by atoms with E-state index >= 15 is 0 Å². The summed E-state index contributed by atoms with van der Waals surface area (Å²) in [6.07, 6.45) is 3.92. The standard InChI is InChI=1S/C24H21ClN6OS/c1-15-17-13-20(33-24(17)31(28-15)19-9-3-2-8-18(19)25)23(32)29-11-6-7-16(14-29)22-27-26-21-10-4-5-12-30(21)22/h2-5,8-10,12-13,16H,6-7,11,14H2,1H3. The van der Waals surface area contributed by atoms with Gasteiger partial charge in [0.05, 0.1) is 21.3 Å². The number of para-hydroxylation sites is 1. The average Bonchev–Trinajstić information content (AvgIpc) is 3.54. The van der Waals surface area contributed by atoms with Crippen molar-refractivity contribution in [3.63, 3.8) is 0 Å². The minimum Gasteiger partial charge on any atom is -0.337 e. The number of hydrogen-bond donors (Lipinski definition) is 0. The zero-order chi connectivity index (χ0) is 22.5. The van der Waals surface area contributed by atoms with Gasteiger partial charge in [0.1, 0.15) is 10.7 Å². The maximum absolute atomic E-state index is 13.5. The predicted octanol–water partition coefficient (Wildman–Crippen LogP) is 5.11. The molecule has 0 spiro atoms. The van der Waals surface area contributed by atoms with Gasteiger partial charge in [-0.25, -0.2) is 4.68 Å². The van der Waals surface area contributed by atoms with Crippen molar-refractivity contribution in [2.45, 2.75) is 25.7 Å². The van der Waals surface area contributed by atoms with E-state index in [2.05, 4.69) is 15.3 Å². The molecule has 1 aliphatic heterocycles. The van der Waals surface area contributed by atoms with Gasteiger partial charge in [-0.3, -0.25) is 9.20 Å². The Labute approximate surface area is 199 Å². The number of benzene rings is 1. The number of carbonyl (C=O) groups excluding carboxylic acids is 1. The van der Waals surface area contributed by atoms with Crippen LogP contribution in [-0.4, -0.2) is 48.3 Å². The molecular weight excluding hydrogens is 456 g/mol. The van der Waals surface area contributed by atoms with Crippen molar-refractivity contribution in [1.82, 2.24) is 29.3 Å². The van der Waals surface area contributed by atoms with E-state index < -0.39 is 0 Å². The summed E-state index contributed by atoms with van der Waals surface area (Å²) in [5.41, 5.74) is 2.53. The van der Waals surface area contributed by atoms with Crippen molar-refractivity contribution in [3.8, 4) is 5.69 Å². The molecule has 1 aliphatic rings. The lowest BCUT2D eigenvalue weighted by atomic mass is 9.97. The van der Waals surface area contributed by atoms with E-state index in [0.29, 0.717) is 11.6 Å². The molecule has 6 rings (SSSR count). The number of aromatic nitrogens is 5. The van der Waals surface area contributed by atoms with E-state index in [-0.39, 0.29) is 11.8 Å². The van der Waals surface area contributed by atoms with Gasteiger partial charge >= 0.3 is 0 Å². The Morgan fingerprint density at radius 3 is 2.88 bits per heavy atom. The molecule has 1 amide bonds. The molecule has 0 radical (unpaired) electrons. The van der Waals surface area contributed by atoms with Crippen molar-refractivity contribution in [1.29, 1.82) is 0 Å². The first kappa shape index (κ1) is 20.4. The Morgan fingerprint density at radius 2 is 2.00 bits per heavy atom. The number of hydrogen-bond acceptors (Lipinski definition) is 5. The van der Waals surface area contributed by atoms with Crippen LogP contribution in [0.4, 0.5) is 0 Å². The van der Waals surface area contributed by atoms with E-state index in [0.717, 1.165) is 57.3 Å². The highest BCUT2D eigenvalue weighted by molar-refractivity contribution is 7.20. The van der Waals surface area contributed by atoms with Gasteiger partial charge in [0.25, 0.3) is 5.91 Å². The summed E-state index contributed by atoms with van der Waals surface area (Å²) in [5.74, 6) is 1.14. The topological polar surface area (TPSA) is 68.3 Å². The molecule has 5 heterocycles. The van der Waals surface area contributed by atoms with Gasteiger partial charge in [-0.1, -0.05) is 29.8 Å². The molecule has 33 heavy (non-hydrogen) atoms. The molecule has 1 fully saturated rings. The molecular formula is C24H21ClN6OS. The largest absolute Gasteiger partial charge is 0.337 e. The predicted molar refractivity (Wildman–Crippen MR) is 130 cm³/mol. The molecule has 1 atom stereocenters. The number of nitrogens with zero attached hydrogens (tertiary/aromatic N) is 6. The lowest BCUT2D eigenvalue weighted by molar-refractivity contribution is 0.0709. The first-order valence-electron chi connectivity index (χ1n) is 10.9. The van der Waals surface area contributed by atoms with Gasteiger partial charge in [-0.05, 0) is 50.1 Å². The van der Waals surface area contributed by atoms with E-state index in [1.807, 2.05) is 75.6 Å². The maximum atomic E-state index is 13.5. The Morgan fingerprint density at radius 1 is 1.15 bits per heavy atom. The molecule has 0 saturated carbocycles. The summed E-state index contributed by atoms with van der Waals surface area (Å²) in [5, 5.41) is 15.0. The number of aryl methyl sites for hydroxylation is 1. The Balaban J connectivity index is 1.31. The smallest absolute Gasteiger partial charge is 0.264 e. The van der Waals surface area contributed by atoms with Crippen LogP contribution >= 0.6 is 22.9 Å². The fourth-order valence-corrected chi connectivity index (χ4v) is 5.97. The van der Waals surface area contributed by atoms with E-state index in [4.69, 9.17) is 11.6 Å². The molecule has 0 N–H and O–H groups in total. The van der Waals surface area contributed by atoms with Crippen LogP contribution in [0, 0.1) is 6.92 Å². The number of thiophene rings is 1. The number of carbonyl (C=O) groups is 1. The zero-order valence-corrected chi connectivity index (χ0v) is 19.6. The Hall–Kier alpha value is -3.23. The second kappa shape index (κ2) is 7.97. The monoisotopic (exact) mass is 476 g/mol. The number of amides is 1. The third kappa shape index (κ3) is 3.41. The summed E-state index contributed by atoms with van der Waals surface area (Å²) in [4.78, 5) is 17.1. The van der Waals surface area contributed by atoms with Crippen LogP contribution in [0.5, 0.6) is 0 Å². The van der Waals surface area contributed by atoms with Gasteiger partial charge in [0.15, 0.2) is 5.65 Å². The molecule has 0 bridgehead atoms. The summed E-state index contributed by atoms with van der Waals surface area (Å²) in [6, 6.07) is 15.5. The SMILES string of the molecule is Cc1nn(-c2ccccc2Cl)c2sc(C(=O)N3CCCC(c4nnc5ccccn45)C3)cc12. The molecule has 0 aliphatic carbocycles. The van der Waals surface area contributed by atoms with Crippen molar-refractivity contribution in [2.75, 3.05) is 13.1 Å². The summed E-state index contributed by atoms with van der Waals surface area (Å²) < 4.78 is 3.87. The quantitative estimate of drug-likeness (QED) is 0.363. The minimum absolute atomic E-state index is 0.0554. The zero-order valence-electron chi connectivity index (χ0n) is 18.0. The van der Waals surface area contributed by atoms with Crippen LogP contribution < -0.4 is 0 Å². The summed E-state index contributed by atoms with van der Waals surface area (Å²) in [6.45, 7) is 3.35. The van der Waals surface area contributed by atoms with Crippen molar-refractivity contribution in [3.05, 3.63) is 76.1 Å². The van der Waals surface area contributed by atoms with Crippen LogP contribution in [0.3, 0.4) is 0 Å². The summed E-state index contributed by atoms with van der Waals surface area (Å²) >= 11 is 7.89. The van der Waals surface area contributed by atoms with Crippen LogP contribution in [0.2, 0.25) is 5.02 Å². The number of pyridine rings is 1. The minimum atomic E-state index is 0.0554. The fourth-order valence-electron chi connectivity index (χ4n) is 4.61. The molecule has 5 aromatic rings. The highest BCUT2D eigenvalue weighted by Gasteiger charge is 2.30. The second-order valence-electron chi connectivity index (χ2n) is 8.36. The average molecular weight is 477 g/mol. The fraction of sp³-hybridized carbons (Fsp3) is 0.250. The van der Waals surface area contributed by atoms with Crippen LogP contribution in [0.1, 0.15) is 39.9 Å². The Kier molecular flexibility index (Phi) is 4.92. The molecule has 4 aromatic heterocycles. The van der Waals surface area contributed by atoms with E-state index in [1.165, 1.54) is 11.3 Å². The molecule has 7 nitrogen and oxygen atoms in total. The van der Waals surface area contributed by atoms with Crippen LogP contribution in [-0.2, 0) is 0 Å². The van der Waals surface area contributed by atoms with Gasteiger partial charge in [-0.2, -0.15) is 5.10 Å². The molecule has 1 unspecified atom stereocenters. The van der Waals surface area contributed by atoms with Crippen LogP contribution in [0.15, 0.2) is 54.7 Å². The number of halogens is 1.